The van der Waals surface area contributed by atoms with Crippen molar-refractivity contribution in [2.75, 3.05) is 6.54 Å². The number of hydrogen-bond donors (Lipinski definition) is 0. The molecule has 0 radical (unpaired) electrons. The molecule has 3 nitrogen and oxygen atoms in total. The van der Waals surface area contributed by atoms with E-state index < -0.39 is 0 Å². The number of rotatable bonds is 6. The van der Waals surface area contributed by atoms with E-state index in [0.717, 1.165) is 23.3 Å². The molecule has 25 heavy (non-hydrogen) atoms. The highest BCUT2D eigenvalue weighted by molar-refractivity contribution is 8.26. The Kier molecular flexibility index (Phi) is 5.89. The van der Waals surface area contributed by atoms with Crippen molar-refractivity contribution >= 4 is 40.3 Å². The number of carbonyl (C=O) groups is 1. The second-order valence-electron chi connectivity index (χ2n) is 5.68. The predicted molar refractivity (Wildman–Crippen MR) is 107 cm³/mol. The van der Waals surface area contributed by atoms with Gasteiger partial charge in [-0.15, -0.1) is 0 Å². The molecule has 5 heteroatoms. The zero-order valence-electron chi connectivity index (χ0n) is 14.0. The molecular formula is C20H19NO2S2. The van der Waals surface area contributed by atoms with Crippen LogP contribution in [0.5, 0.6) is 5.75 Å². The first-order chi connectivity index (χ1) is 12.2. The molecule has 0 saturated carbocycles. The molecule has 0 aromatic heterocycles. The maximum Gasteiger partial charge on any atom is 0.266 e. The molecule has 1 amide bonds. The van der Waals surface area contributed by atoms with Gasteiger partial charge in [0.1, 0.15) is 16.7 Å². The van der Waals surface area contributed by atoms with Crippen LogP contribution in [0.3, 0.4) is 0 Å². The van der Waals surface area contributed by atoms with Gasteiger partial charge < -0.3 is 4.74 Å². The van der Waals surface area contributed by atoms with E-state index in [1.165, 1.54) is 11.8 Å². The average molecular weight is 370 g/mol. The molecule has 0 aliphatic carbocycles. The lowest BCUT2D eigenvalue weighted by atomic mass is 10.2. The molecule has 1 aliphatic rings. The molecule has 3 rings (SSSR count). The number of nitrogens with zero attached hydrogens (tertiary/aromatic N) is 1. The summed E-state index contributed by atoms with van der Waals surface area (Å²) >= 11 is 6.66. The molecule has 2 aromatic carbocycles. The first kappa shape index (κ1) is 17.7. The standard InChI is InChI=1S/C20H19NO2S2/c1-2-11-21-19(22)18(25-20(21)24)13-16-9-6-10-17(12-16)23-14-15-7-4-3-5-8-15/h3-10,12-13H,2,11,14H2,1H3/b18-13-. The predicted octanol–water partition coefficient (Wildman–Crippen LogP) is 4.88. The van der Waals surface area contributed by atoms with Gasteiger partial charge in [0.25, 0.3) is 5.91 Å². The van der Waals surface area contributed by atoms with Gasteiger partial charge in [-0.05, 0) is 35.8 Å². The molecule has 128 valence electrons. The van der Waals surface area contributed by atoms with Crippen molar-refractivity contribution in [1.29, 1.82) is 0 Å². The number of ether oxygens (including phenoxy) is 1. The van der Waals surface area contributed by atoms with E-state index in [1.807, 2.05) is 67.6 Å². The highest BCUT2D eigenvalue weighted by Crippen LogP contribution is 2.33. The third-order valence-corrected chi connectivity index (χ3v) is 5.10. The maximum atomic E-state index is 12.4. The minimum absolute atomic E-state index is 0.00698. The van der Waals surface area contributed by atoms with Gasteiger partial charge in [-0.3, -0.25) is 9.69 Å². The molecule has 1 saturated heterocycles. The van der Waals surface area contributed by atoms with Gasteiger partial charge in [-0.25, -0.2) is 0 Å². The lowest BCUT2D eigenvalue weighted by molar-refractivity contribution is -0.122. The van der Waals surface area contributed by atoms with Crippen LogP contribution < -0.4 is 4.74 Å². The Hall–Kier alpha value is -2.11. The van der Waals surface area contributed by atoms with Crippen LogP contribution in [0.25, 0.3) is 6.08 Å². The Labute approximate surface area is 157 Å². The molecule has 0 unspecified atom stereocenters. The second kappa shape index (κ2) is 8.32. The summed E-state index contributed by atoms with van der Waals surface area (Å²) in [4.78, 5) is 14.8. The van der Waals surface area contributed by atoms with E-state index in [0.29, 0.717) is 22.4 Å². The quantitative estimate of drug-likeness (QED) is 0.536. The molecule has 1 aliphatic heterocycles. The minimum atomic E-state index is -0.00698. The number of thioether (sulfide) groups is 1. The summed E-state index contributed by atoms with van der Waals surface area (Å²) in [5.41, 5.74) is 2.05. The fraction of sp³-hybridized carbons (Fsp3) is 0.200. The summed E-state index contributed by atoms with van der Waals surface area (Å²) in [7, 11) is 0. The van der Waals surface area contributed by atoms with Crippen molar-refractivity contribution in [1.82, 2.24) is 4.90 Å². The van der Waals surface area contributed by atoms with E-state index in [9.17, 15) is 4.79 Å². The number of carbonyl (C=O) groups excluding carboxylic acids is 1. The Morgan fingerprint density at radius 2 is 1.96 bits per heavy atom. The van der Waals surface area contributed by atoms with Gasteiger partial charge in [0, 0.05) is 6.54 Å². The molecule has 0 spiro atoms. The maximum absolute atomic E-state index is 12.4. The first-order valence-electron chi connectivity index (χ1n) is 8.19. The lowest BCUT2D eigenvalue weighted by Gasteiger charge is -2.12. The summed E-state index contributed by atoms with van der Waals surface area (Å²) < 4.78 is 6.48. The molecule has 0 bridgehead atoms. The van der Waals surface area contributed by atoms with Gasteiger partial charge in [0.05, 0.1) is 4.91 Å². The Balaban J connectivity index is 1.71. The summed E-state index contributed by atoms with van der Waals surface area (Å²) in [6, 6.07) is 17.8. The Morgan fingerprint density at radius 3 is 2.72 bits per heavy atom. The zero-order chi connectivity index (χ0) is 17.6. The topological polar surface area (TPSA) is 29.5 Å². The number of hydrogen-bond acceptors (Lipinski definition) is 4. The van der Waals surface area contributed by atoms with Crippen molar-refractivity contribution in [3.05, 3.63) is 70.6 Å². The van der Waals surface area contributed by atoms with Gasteiger partial charge >= 0.3 is 0 Å². The summed E-state index contributed by atoms with van der Waals surface area (Å²) in [5, 5.41) is 0. The highest BCUT2D eigenvalue weighted by atomic mass is 32.2. The summed E-state index contributed by atoms with van der Waals surface area (Å²) in [6.07, 6.45) is 2.77. The Morgan fingerprint density at radius 1 is 1.16 bits per heavy atom. The summed E-state index contributed by atoms with van der Waals surface area (Å²) in [5.74, 6) is 0.772. The molecular weight excluding hydrogens is 350 g/mol. The van der Waals surface area contributed by atoms with Crippen molar-refractivity contribution in [2.24, 2.45) is 0 Å². The van der Waals surface area contributed by atoms with Crippen molar-refractivity contribution in [3.63, 3.8) is 0 Å². The second-order valence-corrected chi connectivity index (χ2v) is 7.36. The smallest absolute Gasteiger partial charge is 0.266 e. The van der Waals surface area contributed by atoms with E-state index in [4.69, 9.17) is 17.0 Å². The van der Waals surface area contributed by atoms with E-state index in [2.05, 4.69) is 0 Å². The minimum Gasteiger partial charge on any atom is -0.489 e. The molecule has 2 aromatic rings. The Bertz CT molecular complexity index is 802. The van der Waals surface area contributed by atoms with Crippen molar-refractivity contribution < 1.29 is 9.53 Å². The van der Waals surface area contributed by atoms with E-state index in [1.54, 1.807) is 4.90 Å². The van der Waals surface area contributed by atoms with Crippen LogP contribution >= 0.6 is 24.0 Å². The third-order valence-electron chi connectivity index (χ3n) is 3.72. The van der Waals surface area contributed by atoms with Crippen LogP contribution in [0.4, 0.5) is 0 Å². The average Bonchev–Trinajstić information content (AvgIpc) is 2.89. The fourth-order valence-corrected chi connectivity index (χ4v) is 3.81. The zero-order valence-corrected chi connectivity index (χ0v) is 15.6. The van der Waals surface area contributed by atoms with Crippen LogP contribution in [-0.2, 0) is 11.4 Å². The largest absolute Gasteiger partial charge is 0.489 e. The van der Waals surface area contributed by atoms with Crippen LogP contribution in [0.15, 0.2) is 59.5 Å². The van der Waals surface area contributed by atoms with Crippen LogP contribution in [0.2, 0.25) is 0 Å². The normalized spacial score (nSPS) is 15.9. The number of thiocarbonyl (C=S) groups is 1. The van der Waals surface area contributed by atoms with Gasteiger partial charge in [-0.1, -0.05) is 73.4 Å². The fourth-order valence-electron chi connectivity index (χ4n) is 2.50. The van der Waals surface area contributed by atoms with Crippen molar-refractivity contribution in [3.8, 4) is 5.75 Å². The lowest BCUT2D eigenvalue weighted by Crippen LogP contribution is -2.28. The highest BCUT2D eigenvalue weighted by Gasteiger charge is 2.31. The van der Waals surface area contributed by atoms with Crippen molar-refractivity contribution in [2.45, 2.75) is 20.0 Å². The number of amides is 1. The molecule has 1 heterocycles. The third kappa shape index (κ3) is 4.50. The van der Waals surface area contributed by atoms with E-state index >= 15 is 0 Å². The van der Waals surface area contributed by atoms with Crippen LogP contribution in [0, 0.1) is 0 Å². The van der Waals surface area contributed by atoms with Gasteiger partial charge in [0.15, 0.2) is 0 Å². The van der Waals surface area contributed by atoms with Crippen LogP contribution in [-0.4, -0.2) is 21.7 Å². The first-order valence-corrected chi connectivity index (χ1v) is 9.42. The monoisotopic (exact) mass is 369 g/mol. The molecule has 0 N–H and O–H groups in total. The van der Waals surface area contributed by atoms with Crippen LogP contribution in [0.1, 0.15) is 24.5 Å². The molecule has 0 atom stereocenters. The van der Waals surface area contributed by atoms with Gasteiger partial charge in [-0.2, -0.15) is 0 Å². The molecule has 1 fully saturated rings. The SMILES string of the molecule is CCCN1C(=O)/C(=C/c2cccc(OCc3ccccc3)c2)SC1=S. The number of benzene rings is 2. The van der Waals surface area contributed by atoms with Gasteiger partial charge in [0.2, 0.25) is 0 Å². The van der Waals surface area contributed by atoms with E-state index in [-0.39, 0.29) is 5.91 Å². The summed E-state index contributed by atoms with van der Waals surface area (Å²) in [6.45, 7) is 3.22.